The molecule has 0 aromatic heterocycles. The van der Waals surface area contributed by atoms with Crippen LogP contribution >= 0.6 is 0 Å². The molecule has 3 aromatic carbocycles. The van der Waals surface area contributed by atoms with E-state index in [0.29, 0.717) is 10.8 Å². The highest BCUT2D eigenvalue weighted by Crippen LogP contribution is 2.36. The van der Waals surface area contributed by atoms with Gasteiger partial charge in [-0.05, 0) is 47.9 Å². The van der Waals surface area contributed by atoms with Crippen LogP contribution in [0.25, 0.3) is 10.8 Å². The number of anilines is 3. The van der Waals surface area contributed by atoms with E-state index >= 15 is 0 Å². The third kappa shape index (κ3) is 2.72. The summed E-state index contributed by atoms with van der Waals surface area (Å²) in [6.45, 7) is 0. The predicted molar refractivity (Wildman–Crippen MR) is 104 cm³/mol. The first-order valence-electron chi connectivity index (χ1n) is 8.30. The van der Waals surface area contributed by atoms with E-state index in [4.69, 9.17) is 11.5 Å². The molecule has 0 atom stereocenters. The van der Waals surface area contributed by atoms with Crippen molar-refractivity contribution in [2.24, 2.45) is 0 Å². The van der Waals surface area contributed by atoms with E-state index < -0.39 is 23.8 Å². The summed E-state index contributed by atoms with van der Waals surface area (Å²) in [5, 5.41) is 19.5. The van der Waals surface area contributed by atoms with Crippen molar-refractivity contribution in [2.75, 3.05) is 16.4 Å². The number of nitrogen functional groups attached to an aromatic ring is 2. The molecular weight excluding hydrogens is 378 g/mol. The maximum atomic E-state index is 13.1. The molecular formula is C20H13N3O6. The molecule has 9 nitrogen and oxygen atoms in total. The van der Waals surface area contributed by atoms with Gasteiger partial charge >= 0.3 is 11.9 Å². The number of carboxylic acids is 2. The lowest BCUT2D eigenvalue weighted by atomic mass is 9.92. The standard InChI is InChI=1S/C20H13N3O6/c21-11-2-8-3-12(22)7-15-16(8)14(6-11)17(24)23(18(15)25)13-4-9(19(26)27)1-10(5-13)20(28)29/h1-7H,21-22H2,(H,26,27)(H,28,29). The normalized spacial score (nSPS) is 13.0. The number of amides is 2. The monoisotopic (exact) mass is 391 g/mol. The lowest BCUT2D eigenvalue weighted by Gasteiger charge is -2.28. The smallest absolute Gasteiger partial charge is 0.335 e. The summed E-state index contributed by atoms with van der Waals surface area (Å²) in [4.78, 5) is 49.8. The Morgan fingerprint density at radius 3 is 1.59 bits per heavy atom. The topological polar surface area (TPSA) is 164 Å². The van der Waals surface area contributed by atoms with Crippen LogP contribution in [0.1, 0.15) is 41.4 Å². The zero-order chi connectivity index (χ0) is 21.0. The van der Waals surface area contributed by atoms with Crippen LogP contribution in [0.5, 0.6) is 0 Å². The average Bonchev–Trinajstić information content (AvgIpc) is 2.65. The number of benzene rings is 3. The second-order valence-corrected chi connectivity index (χ2v) is 6.56. The van der Waals surface area contributed by atoms with E-state index in [-0.39, 0.29) is 39.3 Å². The van der Waals surface area contributed by atoms with E-state index in [1.807, 2.05) is 0 Å². The van der Waals surface area contributed by atoms with Gasteiger partial charge in [0.1, 0.15) is 0 Å². The van der Waals surface area contributed by atoms with Crippen molar-refractivity contribution in [3.05, 3.63) is 64.7 Å². The maximum Gasteiger partial charge on any atom is 0.335 e. The molecule has 2 amide bonds. The van der Waals surface area contributed by atoms with Gasteiger partial charge < -0.3 is 21.7 Å². The van der Waals surface area contributed by atoms with Gasteiger partial charge in [0.2, 0.25) is 0 Å². The van der Waals surface area contributed by atoms with Crippen LogP contribution in [0.15, 0.2) is 42.5 Å². The van der Waals surface area contributed by atoms with Gasteiger partial charge in [0.05, 0.1) is 27.9 Å². The number of imide groups is 1. The van der Waals surface area contributed by atoms with Crippen LogP contribution < -0.4 is 16.4 Å². The van der Waals surface area contributed by atoms with Gasteiger partial charge in [0, 0.05) is 16.8 Å². The van der Waals surface area contributed by atoms with Crippen LogP contribution in [0.4, 0.5) is 17.1 Å². The second kappa shape index (κ2) is 6.06. The Labute approximate surface area is 162 Å². The van der Waals surface area contributed by atoms with Crippen molar-refractivity contribution >= 4 is 51.6 Å². The lowest BCUT2D eigenvalue weighted by molar-refractivity contribution is 0.0695. The zero-order valence-corrected chi connectivity index (χ0v) is 14.7. The predicted octanol–water partition coefficient (Wildman–Crippen LogP) is 2.20. The molecule has 0 aliphatic carbocycles. The molecule has 1 heterocycles. The largest absolute Gasteiger partial charge is 0.478 e. The Bertz CT molecular complexity index is 1190. The molecule has 6 N–H and O–H groups in total. The molecule has 0 saturated heterocycles. The molecule has 4 rings (SSSR count). The van der Waals surface area contributed by atoms with Crippen LogP contribution in [0.2, 0.25) is 0 Å². The number of carboxylic acid groups (broad SMARTS) is 2. The first-order chi connectivity index (χ1) is 13.7. The third-order valence-corrected chi connectivity index (χ3v) is 4.63. The molecule has 9 heteroatoms. The van der Waals surface area contributed by atoms with Crippen LogP contribution in [-0.4, -0.2) is 34.0 Å². The molecule has 0 spiro atoms. The van der Waals surface area contributed by atoms with Gasteiger partial charge in [-0.15, -0.1) is 0 Å². The highest BCUT2D eigenvalue weighted by Gasteiger charge is 2.35. The van der Waals surface area contributed by atoms with E-state index in [1.54, 1.807) is 12.1 Å². The Hall–Kier alpha value is -4.40. The van der Waals surface area contributed by atoms with Crippen molar-refractivity contribution in [3.63, 3.8) is 0 Å². The summed E-state index contributed by atoms with van der Waals surface area (Å²) in [5.41, 5.74) is 11.6. The summed E-state index contributed by atoms with van der Waals surface area (Å²) in [7, 11) is 0. The van der Waals surface area contributed by atoms with Crippen LogP contribution in [0, 0.1) is 0 Å². The molecule has 1 aliphatic heterocycles. The molecule has 0 radical (unpaired) electrons. The molecule has 0 fully saturated rings. The number of hydrogen-bond acceptors (Lipinski definition) is 6. The number of nitrogens with zero attached hydrogens (tertiary/aromatic N) is 1. The quantitative estimate of drug-likeness (QED) is 0.390. The Kier molecular flexibility index (Phi) is 3.76. The van der Waals surface area contributed by atoms with Crippen LogP contribution in [-0.2, 0) is 0 Å². The number of carbonyl (C=O) groups is 4. The fourth-order valence-electron chi connectivity index (χ4n) is 3.45. The molecule has 144 valence electrons. The number of carbonyl (C=O) groups excluding carboxylic acids is 2. The zero-order valence-electron chi connectivity index (χ0n) is 14.7. The van der Waals surface area contributed by atoms with Crippen LogP contribution in [0.3, 0.4) is 0 Å². The maximum absolute atomic E-state index is 13.1. The first kappa shape index (κ1) is 18.0. The number of rotatable bonds is 3. The molecule has 3 aromatic rings. The molecule has 1 aliphatic rings. The average molecular weight is 391 g/mol. The highest BCUT2D eigenvalue weighted by molar-refractivity contribution is 6.36. The fraction of sp³-hybridized carbons (Fsp3) is 0. The van der Waals surface area contributed by atoms with Gasteiger partial charge in [-0.25, -0.2) is 14.5 Å². The van der Waals surface area contributed by atoms with Crippen molar-refractivity contribution in [1.82, 2.24) is 0 Å². The minimum Gasteiger partial charge on any atom is -0.478 e. The van der Waals surface area contributed by atoms with E-state index in [2.05, 4.69) is 0 Å². The summed E-state index contributed by atoms with van der Waals surface area (Å²) >= 11 is 0. The Morgan fingerprint density at radius 2 is 1.17 bits per heavy atom. The third-order valence-electron chi connectivity index (χ3n) is 4.63. The Morgan fingerprint density at radius 1 is 0.724 bits per heavy atom. The molecule has 0 unspecified atom stereocenters. The van der Waals surface area contributed by atoms with Crippen molar-refractivity contribution in [2.45, 2.75) is 0 Å². The molecule has 29 heavy (non-hydrogen) atoms. The van der Waals surface area contributed by atoms with Crippen molar-refractivity contribution < 1.29 is 29.4 Å². The Balaban J connectivity index is 2.00. The van der Waals surface area contributed by atoms with Gasteiger partial charge in [0.25, 0.3) is 11.8 Å². The second-order valence-electron chi connectivity index (χ2n) is 6.56. The minimum atomic E-state index is -1.40. The van der Waals surface area contributed by atoms with Crippen molar-refractivity contribution in [1.29, 1.82) is 0 Å². The fourth-order valence-corrected chi connectivity index (χ4v) is 3.45. The van der Waals surface area contributed by atoms with Gasteiger partial charge in [-0.2, -0.15) is 0 Å². The minimum absolute atomic E-state index is 0.132. The van der Waals surface area contributed by atoms with Gasteiger partial charge in [-0.3, -0.25) is 9.59 Å². The summed E-state index contributed by atoms with van der Waals surface area (Å²) in [6, 6.07) is 9.05. The van der Waals surface area contributed by atoms with E-state index in [9.17, 15) is 29.4 Å². The molecule has 0 bridgehead atoms. The number of nitrogens with two attached hydrogens (primary N) is 2. The lowest BCUT2D eigenvalue weighted by Crippen LogP contribution is -2.40. The highest BCUT2D eigenvalue weighted by atomic mass is 16.4. The van der Waals surface area contributed by atoms with Gasteiger partial charge in [-0.1, -0.05) is 0 Å². The summed E-state index contributed by atoms with van der Waals surface area (Å²) in [5.74, 6) is -4.30. The summed E-state index contributed by atoms with van der Waals surface area (Å²) in [6.07, 6.45) is 0. The molecule has 0 saturated carbocycles. The first-order valence-corrected chi connectivity index (χ1v) is 8.30. The SMILES string of the molecule is Nc1cc2c3c(cc(N)cc3c1)C(=O)N(c1cc(C(=O)O)cc(C(=O)O)c1)C2=O. The van der Waals surface area contributed by atoms with E-state index in [0.717, 1.165) is 23.1 Å². The van der Waals surface area contributed by atoms with Crippen molar-refractivity contribution in [3.8, 4) is 0 Å². The van der Waals surface area contributed by atoms with E-state index in [1.165, 1.54) is 12.1 Å². The summed E-state index contributed by atoms with van der Waals surface area (Å²) < 4.78 is 0. The number of aromatic carboxylic acids is 2. The van der Waals surface area contributed by atoms with Gasteiger partial charge in [0.15, 0.2) is 0 Å². The number of hydrogen-bond donors (Lipinski definition) is 4.